The average Bonchev–Trinajstić information content (AvgIpc) is 3.03. The molecule has 0 saturated carbocycles. The molecule has 0 unspecified atom stereocenters. The Kier molecular flexibility index (Phi) is 9.55. The van der Waals surface area contributed by atoms with E-state index in [0.717, 1.165) is 0 Å². The Morgan fingerprint density at radius 1 is 1.02 bits per heavy atom. The Morgan fingerprint density at radius 2 is 1.68 bits per heavy atom. The van der Waals surface area contributed by atoms with Crippen LogP contribution in [0.1, 0.15) is 66.5 Å². The lowest BCUT2D eigenvalue weighted by Gasteiger charge is -2.46. The van der Waals surface area contributed by atoms with Gasteiger partial charge in [-0.2, -0.15) is 26.3 Å². The molecule has 2 aromatic heterocycles. The summed E-state index contributed by atoms with van der Waals surface area (Å²) in [6.07, 6.45) is -9.19. The zero-order valence-corrected chi connectivity index (χ0v) is 25.9. The van der Waals surface area contributed by atoms with Crippen LogP contribution >= 0.6 is 0 Å². The van der Waals surface area contributed by atoms with E-state index in [4.69, 9.17) is 24.9 Å². The molecule has 1 saturated heterocycles. The minimum atomic E-state index is -5.01. The number of hydrogen-bond acceptors (Lipinski definition) is 9. The van der Waals surface area contributed by atoms with Crippen molar-refractivity contribution < 1.29 is 45.3 Å². The molecule has 254 valence electrons. The van der Waals surface area contributed by atoms with Crippen LogP contribution in [0.4, 0.5) is 42.5 Å². The summed E-state index contributed by atoms with van der Waals surface area (Å²) < 4.78 is 98.4. The van der Waals surface area contributed by atoms with Crippen molar-refractivity contribution in [2.24, 2.45) is 5.73 Å². The number of carbonyl (C=O) groups is 1. The smallest absolute Gasteiger partial charge is 0.416 e. The number of alkyl halides is 6. The summed E-state index contributed by atoms with van der Waals surface area (Å²) in [5.41, 5.74) is 3.82. The number of amides is 1. The predicted octanol–water partition coefficient (Wildman–Crippen LogP) is 5.91. The maximum Gasteiger partial charge on any atom is 0.416 e. The maximum atomic E-state index is 13.7. The van der Waals surface area contributed by atoms with Crippen molar-refractivity contribution in [3.8, 4) is 5.88 Å². The highest BCUT2D eigenvalue weighted by molar-refractivity contribution is 5.91. The molecular formula is C31H34F6N6O4. The lowest BCUT2D eigenvalue weighted by atomic mass is 9.83. The van der Waals surface area contributed by atoms with Crippen molar-refractivity contribution in [1.82, 2.24) is 15.0 Å². The van der Waals surface area contributed by atoms with Crippen LogP contribution in [0.25, 0.3) is 0 Å². The molecule has 2 N–H and O–H groups in total. The molecule has 1 fully saturated rings. The average molecular weight is 669 g/mol. The molecule has 2 atom stereocenters. The van der Waals surface area contributed by atoms with Gasteiger partial charge in [-0.15, -0.1) is 0 Å². The van der Waals surface area contributed by atoms with E-state index < -0.39 is 41.2 Å². The topological polar surface area (TPSA) is 116 Å². The Labute approximate surface area is 266 Å². The number of morpholine rings is 1. The van der Waals surface area contributed by atoms with Crippen LogP contribution in [-0.2, 0) is 28.2 Å². The Balaban J connectivity index is 1.67. The molecule has 3 aromatic rings. The minimum absolute atomic E-state index is 0.0770. The third-order valence-electron chi connectivity index (χ3n) is 8.27. The van der Waals surface area contributed by atoms with Crippen LogP contribution in [-0.4, -0.2) is 66.7 Å². The first-order valence-electron chi connectivity index (χ1n) is 15.0. The fraction of sp³-hybridized carbons (Fsp3) is 0.484. The first-order chi connectivity index (χ1) is 22.2. The number of anilines is 2. The lowest BCUT2D eigenvalue weighted by Crippen LogP contribution is -2.61. The summed E-state index contributed by atoms with van der Waals surface area (Å²) in [5, 5.41) is 0. The quantitative estimate of drug-likeness (QED) is 0.307. The van der Waals surface area contributed by atoms with E-state index in [1.165, 1.54) is 18.2 Å². The standard InChI is InChI=1S/C31H34F6N6O4/c1-4-29(38)16-21(26-23(6-7-25(41-26)45-3)43(29)28(44)47-5-2)27-39-17-24(42-8-10-46-11-9-42)22(40-27)14-18-12-19(30(32,33)34)15-20(13-18)31(35,36)37/h6-7,12-13,15,17,21H,4-5,8-11,14,16,38H2,1-3H3/t21-,29+/m0/s1. The van der Waals surface area contributed by atoms with Gasteiger partial charge in [-0.1, -0.05) is 6.92 Å². The number of benzene rings is 1. The van der Waals surface area contributed by atoms with E-state index in [0.29, 0.717) is 55.5 Å². The minimum Gasteiger partial charge on any atom is -0.481 e. The number of carbonyl (C=O) groups excluding carboxylic acids is 1. The summed E-state index contributed by atoms with van der Waals surface area (Å²) in [5.74, 6) is -0.332. The lowest BCUT2D eigenvalue weighted by molar-refractivity contribution is -0.143. The molecule has 1 amide bonds. The molecule has 0 radical (unpaired) electrons. The van der Waals surface area contributed by atoms with Gasteiger partial charge in [0, 0.05) is 25.6 Å². The first-order valence-corrected chi connectivity index (χ1v) is 15.0. The molecule has 1 aromatic carbocycles. The molecule has 0 aliphatic carbocycles. The number of fused-ring (bicyclic) bond motifs is 1. The molecule has 4 heterocycles. The molecule has 2 aliphatic rings. The fourth-order valence-electron chi connectivity index (χ4n) is 5.88. The van der Waals surface area contributed by atoms with Gasteiger partial charge in [-0.25, -0.2) is 19.7 Å². The molecule has 5 rings (SSSR count). The van der Waals surface area contributed by atoms with Crippen molar-refractivity contribution >= 4 is 17.5 Å². The second kappa shape index (κ2) is 13.1. The van der Waals surface area contributed by atoms with E-state index >= 15 is 0 Å². The van der Waals surface area contributed by atoms with E-state index in [1.54, 1.807) is 26.0 Å². The Hall–Kier alpha value is -4.18. The third-order valence-corrected chi connectivity index (χ3v) is 8.27. The molecule has 0 bridgehead atoms. The van der Waals surface area contributed by atoms with Crippen molar-refractivity contribution in [2.75, 3.05) is 49.8 Å². The second-order valence-corrected chi connectivity index (χ2v) is 11.3. The molecule has 16 heteroatoms. The third kappa shape index (κ3) is 7.07. The summed E-state index contributed by atoms with van der Waals surface area (Å²) in [4.78, 5) is 30.4. The van der Waals surface area contributed by atoms with Gasteiger partial charge in [0.15, 0.2) is 0 Å². The predicted molar refractivity (Wildman–Crippen MR) is 158 cm³/mol. The number of pyridine rings is 1. The molecular weight excluding hydrogens is 634 g/mol. The van der Waals surface area contributed by atoms with Gasteiger partial charge >= 0.3 is 18.4 Å². The first kappa shape index (κ1) is 34.2. The van der Waals surface area contributed by atoms with Crippen LogP contribution in [0.5, 0.6) is 5.88 Å². The van der Waals surface area contributed by atoms with Gasteiger partial charge in [-0.3, -0.25) is 4.90 Å². The highest BCUT2D eigenvalue weighted by Gasteiger charge is 2.47. The van der Waals surface area contributed by atoms with Gasteiger partial charge in [-0.05, 0) is 49.6 Å². The van der Waals surface area contributed by atoms with Crippen molar-refractivity contribution in [3.63, 3.8) is 0 Å². The van der Waals surface area contributed by atoms with Crippen LogP contribution in [0.2, 0.25) is 0 Å². The van der Waals surface area contributed by atoms with Gasteiger partial charge < -0.3 is 24.8 Å². The molecule has 47 heavy (non-hydrogen) atoms. The number of ether oxygens (including phenoxy) is 3. The van der Waals surface area contributed by atoms with Crippen molar-refractivity contribution in [3.05, 3.63) is 70.4 Å². The second-order valence-electron chi connectivity index (χ2n) is 11.3. The summed E-state index contributed by atoms with van der Waals surface area (Å²) in [6, 6.07) is 4.66. The summed E-state index contributed by atoms with van der Waals surface area (Å²) in [6.45, 7) is 5.09. The fourth-order valence-corrected chi connectivity index (χ4v) is 5.88. The Morgan fingerprint density at radius 3 is 2.26 bits per heavy atom. The van der Waals surface area contributed by atoms with Gasteiger partial charge in [0.2, 0.25) is 5.88 Å². The highest BCUT2D eigenvalue weighted by atomic mass is 19.4. The number of hydrogen-bond donors (Lipinski definition) is 1. The number of halogens is 6. The van der Waals surface area contributed by atoms with Crippen molar-refractivity contribution in [2.45, 2.75) is 57.0 Å². The normalized spacial score (nSPS) is 20.2. The van der Waals surface area contributed by atoms with Gasteiger partial charge in [0.25, 0.3) is 0 Å². The Bertz CT molecular complexity index is 1580. The van der Waals surface area contributed by atoms with Crippen LogP contribution in [0.15, 0.2) is 36.5 Å². The monoisotopic (exact) mass is 668 g/mol. The summed E-state index contributed by atoms with van der Waals surface area (Å²) in [7, 11) is 1.42. The zero-order chi connectivity index (χ0) is 34.1. The largest absolute Gasteiger partial charge is 0.481 e. The van der Waals surface area contributed by atoms with Crippen LogP contribution in [0, 0.1) is 0 Å². The van der Waals surface area contributed by atoms with Crippen LogP contribution in [0.3, 0.4) is 0 Å². The zero-order valence-electron chi connectivity index (χ0n) is 25.9. The van der Waals surface area contributed by atoms with E-state index in [-0.39, 0.29) is 54.9 Å². The van der Waals surface area contributed by atoms with Gasteiger partial charge in [0.05, 0.1) is 72.9 Å². The number of nitrogens with zero attached hydrogens (tertiary/aromatic N) is 5. The van der Waals surface area contributed by atoms with E-state index in [1.807, 2.05) is 4.90 Å². The maximum absolute atomic E-state index is 13.7. The van der Waals surface area contributed by atoms with Crippen LogP contribution < -0.4 is 20.3 Å². The SMILES string of the molecule is CCOC(=O)N1c2ccc(OC)nc2[C@@H](c2ncc(N3CCOCC3)c(Cc3cc(C(F)(F)F)cc(C(F)(F)F)c3)n2)C[C@@]1(N)CC. The van der Waals surface area contributed by atoms with E-state index in [9.17, 15) is 31.1 Å². The number of nitrogens with two attached hydrogens (primary N) is 1. The molecule has 10 nitrogen and oxygen atoms in total. The number of rotatable bonds is 7. The number of methoxy groups -OCH3 is 1. The van der Waals surface area contributed by atoms with Gasteiger partial charge in [0.1, 0.15) is 11.5 Å². The number of aromatic nitrogens is 3. The molecule has 2 aliphatic heterocycles. The molecule has 0 spiro atoms. The summed E-state index contributed by atoms with van der Waals surface area (Å²) >= 11 is 0. The van der Waals surface area contributed by atoms with E-state index in [2.05, 4.69) is 9.97 Å². The van der Waals surface area contributed by atoms with Crippen molar-refractivity contribution in [1.29, 1.82) is 0 Å². The highest BCUT2D eigenvalue weighted by Crippen LogP contribution is 2.46.